The van der Waals surface area contributed by atoms with Gasteiger partial charge >= 0.3 is 0 Å². The summed E-state index contributed by atoms with van der Waals surface area (Å²) in [5.41, 5.74) is 1.32. The topological polar surface area (TPSA) is 35.5 Å². The first kappa shape index (κ1) is 14.4. The van der Waals surface area contributed by atoms with Crippen LogP contribution >= 0.6 is 11.3 Å². The van der Waals surface area contributed by atoms with E-state index in [0.29, 0.717) is 12.0 Å². The summed E-state index contributed by atoms with van der Waals surface area (Å²) in [5, 5.41) is 18.1. The van der Waals surface area contributed by atoms with Gasteiger partial charge in [-0.2, -0.15) is 11.3 Å². The van der Waals surface area contributed by atoms with Crippen molar-refractivity contribution >= 4 is 17.0 Å². The van der Waals surface area contributed by atoms with Gasteiger partial charge in [0.1, 0.15) is 0 Å². The van der Waals surface area contributed by atoms with Gasteiger partial charge in [0.2, 0.25) is 0 Å². The molecule has 3 unspecified atom stereocenters. The summed E-state index contributed by atoms with van der Waals surface area (Å²) in [4.78, 5) is 2.44. The normalized spacial score (nSPS) is 29.2. The van der Waals surface area contributed by atoms with E-state index < -0.39 is 0 Å². The number of piperidine rings is 1. The number of nitrogens with one attached hydrogen (secondary N) is 1. The summed E-state index contributed by atoms with van der Waals surface area (Å²) < 4.78 is 0. The molecule has 0 spiro atoms. The molecular weight excluding hydrogens is 268 g/mol. The standard InChI is InChI=1S/C16H26N2OS/c1-12(19)14-7-15(17-8-13-3-2-4-13)10-18(9-14)16-5-6-20-11-16/h5-6,11-15,17,19H,2-4,7-10H2,1H3. The average molecular weight is 294 g/mol. The summed E-state index contributed by atoms with van der Waals surface area (Å²) in [7, 11) is 0. The molecule has 0 radical (unpaired) electrons. The number of thiophene rings is 1. The van der Waals surface area contributed by atoms with Gasteiger partial charge in [0.25, 0.3) is 0 Å². The third-order valence-electron chi connectivity index (χ3n) is 4.96. The van der Waals surface area contributed by atoms with E-state index >= 15 is 0 Å². The summed E-state index contributed by atoms with van der Waals surface area (Å²) >= 11 is 1.75. The van der Waals surface area contributed by atoms with Gasteiger partial charge in [0, 0.05) is 36.1 Å². The summed E-state index contributed by atoms with van der Waals surface area (Å²) in [5.74, 6) is 1.28. The first-order valence-corrected chi connectivity index (χ1v) is 8.85. The second-order valence-corrected chi connectivity index (χ2v) is 7.31. The Kier molecular flexibility index (Phi) is 4.64. The molecule has 1 aromatic heterocycles. The fraction of sp³-hybridized carbons (Fsp3) is 0.750. The zero-order valence-corrected chi connectivity index (χ0v) is 13.1. The van der Waals surface area contributed by atoms with Crippen LogP contribution in [-0.2, 0) is 0 Å². The summed E-state index contributed by atoms with van der Waals surface area (Å²) in [6.45, 7) is 5.15. The highest BCUT2D eigenvalue weighted by molar-refractivity contribution is 7.08. The fourth-order valence-corrected chi connectivity index (χ4v) is 3.98. The first-order chi connectivity index (χ1) is 9.72. The molecule has 1 saturated carbocycles. The minimum absolute atomic E-state index is 0.218. The molecule has 2 fully saturated rings. The number of nitrogens with zero attached hydrogens (tertiary/aromatic N) is 1. The molecule has 3 nitrogen and oxygen atoms in total. The van der Waals surface area contributed by atoms with Crippen LogP contribution in [-0.4, -0.2) is 36.9 Å². The van der Waals surface area contributed by atoms with Gasteiger partial charge in [-0.1, -0.05) is 6.42 Å². The molecule has 1 aliphatic heterocycles. The zero-order chi connectivity index (χ0) is 13.9. The highest BCUT2D eigenvalue weighted by Crippen LogP contribution is 2.29. The highest BCUT2D eigenvalue weighted by atomic mass is 32.1. The van der Waals surface area contributed by atoms with E-state index in [1.54, 1.807) is 11.3 Å². The largest absolute Gasteiger partial charge is 0.393 e. The van der Waals surface area contributed by atoms with Crippen LogP contribution < -0.4 is 10.2 Å². The predicted molar refractivity (Wildman–Crippen MR) is 85.5 cm³/mol. The quantitative estimate of drug-likeness (QED) is 0.876. The molecule has 0 amide bonds. The monoisotopic (exact) mass is 294 g/mol. The third-order valence-corrected chi connectivity index (χ3v) is 5.63. The highest BCUT2D eigenvalue weighted by Gasteiger charge is 2.30. The van der Waals surface area contributed by atoms with Crippen molar-refractivity contribution in [1.82, 2.24) is 5.32 Å². The molecule has 112 valence electrons. The van der Waals surface area contributed by atoms with Crippen LogP contribution in [0.4, 0.5) is 5.69 Å². The maximum absolute atomic E-state index is 9.99. The molecular formula is C16H26N2OS. The molecule has 3 rings (SSSR count). The Balaban J connectivity index is 1.60. The minimum Gasteiger partial charge on any atom is -0.393 e. The van der Waals surface area contributed by atoms with E-state index in [2.05, 4.69) is 27.0 Å². The molecule has 0 aromatic carbocycles. The van der Waals surface area contributed by atoms with E-state index in [1.165, 1.54) is 24.9 Å². The fourth-order valence-electron chi connectivity index (χ4n) is 3.31. The molecule has 2 heterocycles. The lowest BCUT2D eigenvalue weighted by atomic mass is 9.84. The summed E-state index contributed by atoms with van der Waals surface area (Å²) in [6, 6.07) is 2.71. The molecule has 0 bridgehead atoms. The Morgan fingerprint density at radius 3 is 2.90 bits per heavy atom. The predicted octanol–water partition coefficient (Wildman–Crippen LogP) is 2.71. The van der Waals surface area contributed by atoms with E-state index in [-0.39, 0.29) is 6.10 Å². The first-order valence-electron chi connectivity index (χ1n) is 7.91. The van der Waals surface area contributed by atoms with Gasteiger partial charge < -0.3 is 15.3 Å². The lowest BCUT2D eigenvalue weighted by molar-refractivity contribution is 0.104. The van der Waals surface area contributed by atoms with Crippen molar-refractivity contribution in [3.8, 4) is 0 Å². The molecule has 2 aliphatic rings. The number of hydrogen-bond donors (Lipinski definition) is 2. The number of hydrogen-bond acceptors (Lipinski definition) is 4. The average Bonchev–Trinajstić information content (AvgIpc) is 2.90. The SMILES string of the molecule is CC(O)C1CC(NCC2CCC2)CN(c2ccsc2)C1. The minimum atomic E-state index is -0.218. The van der Waals surface area contributed by atoms with Crippen molar-refractivity contribution in [3.63, 3.8) is 0 Å². The number of aliphatic hydroxyl groups excluding tert-OH is 1. The Morgan fingerprint density at radius 1 is 1.45 bits per heavy atom. The van der Waals surface area contributed by atoms with Gasteiger partial charge in [0.05, 0.1) is 6.10 Å². The number of anilines is 1. The molecule has 3 atom stereocenters. The second-order valence-electron chi connectivity index (χ2n) is 6.53. The molecule has 1 saturated heterocycles. The van der Waals surface area contributed by atoms with Crippen LogP contribution in [0.1, 0.15) is 32.6 Å². The van der Waals surface area contributed by atoms with Crippen LogP contribution in [0.3, 0.4) is 0 Å². The van der Waals surface area contributed by atoms with Crippen molar-refractivity contribution in [2.75, 3.05) is 24.5 Å². The van der Waals surface area contributed by atoms with Crippen molar-refractivity contribution in [2.24, 2.45) is 11.8 Å². The van der Waals surface area contributed by atoms with E-state index in [9.17, 15) is 5.11 Å². The van der Waals surface area contributed by atoms with Crippen LogP contribution in [0.25, 0.3) is 0 Å². The molecule has 2 N–H and O–H groups in total. The lowest BCUT2D eigenvalue weighted by Gasteiger charge is -2.41. The van der Waals surface area contributed by atoms with E-state index in [1.807, 2.05) is 6.92 Å². The van der Waals surface area contributed by atoms with Crippen LogP contribution in [0.15, 0.2) is 16.8 Å². The maximum atomic E-state index is 9.99. The van der Waals surface area contributed by atoms with Crippen molar-refractivity contribution in [3.05, 3.63) is 16.8 Å². The Morgan fingerprint density at radius 2 is 2.30 bits per heavy atom. The van der Waals surface area contributed by atoms with Crippen molar-refractivity contribution in [1.29, 1.82) is 0 Å². The summed E-state index contributed by atoms with van der Waals surface area (Å²) in [6.07, 6.45) is 5.09. The smallest absolute Gasteiger partial charge is 0.0557 e. The third kappa shape index (κ3) is 3.35. The molecule has 4 heteroatoms. The maximum Gasteiger partial charge on any atom is 0.0557 e. The number of rotatable bonds is 5. The van der Waals surface area contributed by atoms with Crippen molar-refractivity contribution in [2.45, 2.75) is 44.8 Å². The Bertz CT molecular complexity index is 403. The Hall–Kier alpha value is -0.580. The van der Waals surface area contributed by atoms with E-state index in [0.717, 1.165) is 32.0 Å². The van der Waals surface area contributed by atoms with Crippen molar-refractivity contribution < 1.29 is 5.11 Å². The molecule has 1 aromatic rings. The second kappa shape index (κ2) is 6.46. The van der Waals surface area contributed by atoms with Gasteiger partial charge in [-0.05, 0) is 50.1 Å². The molecule has 1 aliphatic carbocycles. The Labute approximate surface area is 126 Å². The van der Waals surface area contributed by atoms with Crippen LogP contribution in [0.2, 0.25) is 0 Å². The zero-order valence-electron chi connectivity index (χ0n) is 12.3. The van der Waals surface area contributed by atoms with Gasteiger partial charge in [-0.3, -0.25) is 0 Å². The van der Waals surface area contributed by atoms with Gasteiger partial charge in [-0.15, -0.1) is 0 Å². The molecule has 20 heavy (non-hydrogen) atoms. The van der Waals surface area contributed by atoms with E-state index in [4.69, 9.17) is 0 Å². The van der Waals surface area contributed by atoms with Crippen LogP contribution in [0, 0.1) is 11.8 Å². The van der Waals surface area contributed by atoms with Crippen LogP contribution in [0.5, 0.6) is 0 Å². The van der Waals surface area contributed by atoms with Gasteiger partial charge in [-0.25, -0.2) is 0 Å². The lowest BCUT2D eigenvalue weighted by Crippen LogP contribution is -2.52. The van der Waals surface area contributed by atoms with Gasteiger partial charge in [0.15, 0.2) is 0 Å². The number of aliphatic hydroxyl groups is 1.